The molecule has 2 heterocycles. The lowest BCUT2D eigenvalue weighted by molar-refractivity contribution is 0.0904. The lowest BCUT2D eigenvalue weighted by Gasteiger charge is -2.36. The van der Waals surface area contributed by atoms with Crippen LogP contribution in [0.1, 0.15) is 18.6 Å². The lowest BCUT2D eigenvalue weighted by atomic mass is 10.1. The first-order chi connectivity index (χ1) is 10.2. The van der Waals surface area contributed by atoms with Crippen LogP contribution in [0.15, 0.2) is 35.3 Å². The van der Waals surface area contributed by atoms with Gasteiger partial charge in [0.2, 0.25) is 0 Å². The second-order valence-electron chi connectivity index (χ2n) is 5.77. The number of nitrogens with zero attached hydrogens (tertiary/aromatic N) is 3. The molecule has 0 amide bonds. The molecule has 2 aliphatic rings. The number of thioether (sulfide) groups is 1. The van der Waals surface area contributed by atoms with Crippen LogP contribution in [-0.2, 0) is 0 Å². The van der Waals surface area contributed by atoms with Crippen molar-refractivity contribution < 1.29 is 5.11 Å². The fourth-order valence-corrected chi connectivity index (χ4v) is 3.77. The SMILES string of the molecule is C[C@H]1CN=C(N2CCN(C[C@H](O)c3ccccc3)CC2)S1. The molecule has 4 nitrogen and oxygen atoms in total. The van der Waals surface area contributed by atoms with Gasteiger partial charge in [-0.2, -0.15) is 0 Å². The number of aliphatic hydroxyl groups excluding tert-OH is 1. The summed E-state index contributed by atoms with van der Waals surface area (Å²) >= 11 is 1.89. The van der Waals surface area contributed by atoms with E-state index in [2.05, 4.69) is 21.7 Å². The quantitative estimate of drug-likeness (QED) is 0.925. The number of benzene rings is 1. The van der Waals surface area contributed by atoms with Crippen LogP contribution in [0.3, 0.4) is 0 Å². The zero-order valence-electron chi connectivity index (χ0n) is 12.5. The highest BCUT2D eigenvalue weighted by molar-refractivity contribution is 8.14. The molecule has 0 radical (unpaired) electrons. The molecular weight excluding hydrogens is 282 g/mol. The van der Waals surface area contributed by atoms with Gasteiger partial charge in [-0.1, -0.05) is 49.0 Å². The largest absolute Gasteiger partial charge is 0.387 e. The standard InChI is InChI=1S/C16H23N3OS/c1-13-11-17-16(21-13)19-9-7-18(8-10-19)12-15(20)14-5-3-2-4-6-14/h2-6,13,15,20H,7-12H2,1H3/t13-,15-/m0/s1. The first-order valence-corrected chi connectivity index (χ1v) is 8.52. The van der Waals surface area contributed by atoms with Gasteiger partial charge in [0.15, 0.2) is 5.17 Å². The Kier molecular flexibility index (Phi) is 4.83. The van der Waals surface area contributed by atoms with Gasteiger partial charge in [0.05, 0.1) is 12.6 Å². The molecule has 1 N–H and O–H groups in total. The van der Waals surface area contributed by atoms with Gasteiger partial charge in [0, 0.05) is 38.0 Å². The number of amidine groups is 1. The molecule has 1 aromatic carbocycles. The second kappa shape index (κ2) is 6.81. The molecule has 2 atom stereocenters. The molecule has 0 unspecified atom stereocenters. The van der Waals surface area contributed by atoms with Crippen LogP contribution < -0.4 is 0 Å². The van der Waals surface area contributed by atoms with E-state index in [-0.39, 0.29) is 0 Å². The predicted octanol–water partition coefficient (Wildman–Crippen LogP) is 1.83. The first-order valence-electron chi connectivity index (χ1n) is 7.64. The molecule has 2 aliphatic heterocycles. The Hall–Kier alpha value is -1.04. The van der Waals surface area contributed by atoms with Crippen LogP contribution in [0, 0.1) is 0 Å². The van der Waals surface area contributed by atoms with Gasteiger partial charge in [0.1, 0.15) is 0 Å². The van der Waals surface area contributed by atoms with E-state index in [0.29, 0.717) is 11.8 Å². The van der Waals surface area contributed by atoms with Crippen molar-refractivity contribution in [2.45, 2.75) is 18.3 Å². The highest BCUT2D eigenvalue weighted by Crippen LogP contribution is 2.24. The highest BCUT2D eigenvalue weighted by Gasteiger charge is 2.25. The predicted molar refractivity (Wildman–Crippen MR) is 88.8 cm³/mol. The van der Waals surface area contributed by atoms with Crippen LogP contribution >= 0.6 is 11.8 Å². The minimum absolute atomic E-state index is 0.393. The summed E-state index contributed by atoms with van der Waals surface area (Å²) in [7, 11) is 0. The molecule has 5 heteroatoms. The van der Waals surface area contributed by atoms with Crippen molar-refractivity contribution in [1.29, 1.82) is 0 Å². The number of rotatable bonds is 3. The molecule has 1 fully saturated rings. The molecule has 21 heavy (non-hydrogen) atoms. The Labute approximate surface area is 130 Å². The first kappa shape index (κ1) is 14.9. The molecule has 1 saturated heterocycles. The van der Waals surface area contributed by atoms with Gasteiger partial charge < -0.3 is 10.0 Å². The summed E-state index contributed by atoms with van der Waals surface area (Å²) < 4.78 is 0. The van der Waals surface area contributed by atoms with Gasteiger partial charge in [-0.15, -0.1) is 0 Å². The van der Waals surface area contributed by atoms with Crippen LogP contribution in [0.25, 0.3) is 0 Å². The number of hydrogen-bond acceptors (Lipinski definition) is 5. The summed E-state index contributed by atoms with van der Waals surface area (Å²) in [4.78, 5) is 9.35. The maximum absolute atomic E-state index is 10.3. The van der Waals surface area contributed by atoms with E-state index in [1.54, 1.807) is 0 Å². The van der Waals surface area contributed by atoms with Crippen molar-refractivity contribution in [2.75, 3.05) is 39.3 Å². The van der Waals surface area contributed by atoms with Crippen LogP contribution in [-0.4, -0.2) is 64.6 Å². The molecule has 0 spiro atoms. The number of hydrogen-bond donors (Lipinski definition) is 1. The molecule has 0 aliphatic carbocycles. The minimum atomic E-state index is -0.393. The monoisotopic (exact) mass is 305 g/mol. The third-order valence-electron chi connectivity index (χ3n) is 4.05. The van der Waals surface area contributed by atoms with Gasteiger partial charge in [-0.25, -0.2) is 0 Å². The number of piperazine rings is 1. The number of β-amino-alcohol motifs (C(OH)–C–C–N with tert-alkyl or cyclic N) is 1. The molecule has 3 rings (SSSR count). The van der Waals surface area contributed by atoms with Gasteiger partial charge in [-0.05, 0) is 5.56 Å². The Morgan fingerprint density at radius 2 is 1.95 bits per heavy atom. The van der Waals surface area contributed by atoms with Crippen LogP contribution in [0.2, 0.25) is 0 Å². The van der Waals surface area contributed by atoms with E-state index in [1.165, 1.54) is 5.17 Å². The fourth-order valence-electron chi connectivity index (χ4n) is 2.78. The maximum Gasteiger partial charge on any atom is 0.159 e. The summed E-state index contributed by atoms with van der Waals surface area (Å²) in [6.45, 7) is 7.92. The van der Waals surface area contributed by atoms with Gasteiger partial charge >= 0.3 is 0 Å². The molecule has 0 aromatic heterocycles. The lowest BCUT2D eigenvalue weighted by Crippen LogP contribution is -2.48. The zero-order chi connectivity index (χ0) is 14.7. The third kappa shape index (κ3) is 3.78. The van der Waals surface area contributed by atoms with E-state index < -0.39 is 6.10 Å². The molecule has 1 aromatic rings. The van der Waals surface area contributed by atoms with Crippen LogP contribution in [0.5, 0.6) is 0 Å². The van der Waals surface area contributed by atoms with Crippen molar-refractivity contribution in [3.63, 3.8) is 0 Å². The molecule has 0 saturated carbocycles. The summed E-state index contributed by atoms with van der Waals surface area (Å²) in [5, 5.41) is 12.1. The summed E-state index contributed by atoms with van der Waals surface area (Å²) in [5.74, 6) is 0. The number of aliphatic imine (C=N–C) groups is 1. The second-order valence-corrected chi connectivity index (χ2v) is 7.17. The Morgan fingerprint density at radius 1 is 1.24 bits per heavy atom. The van der Waals surface area contributed by atoms with Crippen molar-refractivity contribution in [1.82, 2.24) is 9.80 Å². The molecular formula is C16H23N3OS. The van der Waals surface area contributed by atoms with E-state index >= 15 is 0 Å². The normalized spacial score (nSPS) is 25.0. The number of aliphatic hydroxyl groups is 1. The Balaban J connectivity index is 1.48. The third-order valence-corrected chi connectivity index (χ3v) is 5.20. The van der Waals surface area contributed by atoms with Crippen molar-refractivity contribution in [3.05, 3.63) is 35.9 Å². The summed E-state index contributed by atoms with van der Waals surface area (Å²) in [6.07, 6.45) is -0.393. The molecule has 0 bridgehead atoms. The smallest absolute Gasteiger partial charge is 0.159 e. The van der Waals surface area contributed by atoms with Crippen LogP contribution in [0.4, 0.5) is 0 Å². The van der Waals surface area contributed by atoms with Crippen molar-refractivity contribution in [3.8, 4) is 0 Å². The van der Waals surface area contributed by atoms with Gasteiger partial charge in [-0.3, -0.25) is 9.89 Å². The summed E-state index contributed by atoms with van der Waals surface area (Å²) in [6, 6.07) is 9.93. The van der Waals surface area contributed by atoms with Gasteiger partial charge in [0.25, 0.3) is 0 Å². The highest BCUT2D eigenvalue weighted by atomic mass is 32.2. The Morgan fingerprint density at radius 3 is 2.57 bits per heavy atom. The average Bonchev–Trinajstić information content (AvgIpc) is 2.95. The maximum atomic E-state index is 10.3. The average molecular weight is 305 g/mol. The van der Waals surface area contributed by atoms with E-state index in [9.17, 15) is 5.11 Å². The molecule has 114 valence electrons. The van der Waals surface area contributed by atoms with E-state index in [1.807, 2.05) is 42.1 Å². The summed E-state index contributed by atoms with van der Waals surface area (Å²) in [5.41, 5.74) is 1.00. The van der Waals surface area contributed by atoms with Crippen molar-refractivity contribution in [2.24, 2.45) is 4.99 Å². The zero-order valence-corrected chi connectivity index (χ0v) is 13.3. The van der Waals surface area contributed by atoms with E-state index in [0.717, 1.165) is 38.3 Å². The van der Waals surface area contributed by atoms with E-state index in [4.69, 9.17) is 0 Å². The minimum Gasteiger partial charge on any atom is -0.387 e. The fraction of sp³-hybridized carbons (Fsp3) is 0.562. The topological polar surface area (TPSA) is 39.1 Å². The van der Waals surface area contributed by atoms with Crippen molar-refractivity contribution >= 4 is 16.9 Å². The Bertz CT molecular complexity index is 486.